The van der Waals surface area contributed by atoms with Gasteiger partial charge in [0.1, 0.15) is 11.5 Å². The number of aromatic nitrogens is 4. The van der Waals surface area contributed by atoms with E-state index in [-0.39, 0.29) is 24.3 Å². The Kier molecular flexibility index (Phi) is 7.13. The molecular formula is C32H31N7O3. The first-order valence-corrected chi connectivity index (χ1v) is 13.8. The minimum atomic E-state index is -0.420. The van der Waals surface area contributed by atoms with Gasteiger partial charge in [-0.2, -0.15) is 0 Å². The summed E-state index contributed by atoms with van der Waals surface area (Å²) >= 11 is 0. The summed E-state index contributed by atoms with van der Waals surface area (Å²) < 4.78 is 6.00. The number of amides is 1. The Labute approximate surface area is 243 Å². The van der Waals surface area contributed by atoms with E-state index in [2.05, 4.69) is 44.6 Å². The van der Waals surface area contributed by atoms with Crippen LogP contribution in [0, 0.1) is 0 Å². The second kappa shape index (κ2) is 11.1. The van der Waals surface area contributed by atoms with E-state index in [4.69, 9.17) is 4.42 Å². The molecule has 0 radical (unpaired) electrons. The van der Waals surface area contributed by atoms with Crippen molar-refractivity contribution in [3.05, 3.63) is 102 Å². The number of rotatable bonds is 9. The summed E-state index contributed by atoms with van der Waals surface area (Å²) in [5, 5.41) is 25.5. The van der Waals surface area contributed by atoms with Crippen LogP contribution in [0.25, 0.3) is 23.0 Å². The molecule has 0 fully saturated rings. The predicted octanol–water partition coefficient (Wildman–Crippen LogP) is 5.79. The molecule has 42 heavy (non-hydrogen) atoms. The second-order valence-electron chi connectivity index (χ2n) is 10.5. The highest BCUT2D eigenvalue weighted by atomic mass is 16.4. The molecule has 0 spiro atoms. The van der Waals surface area contributed by atoms with Crippen molar-refractivity contribution < 1.29 is 14.3 Å². The van der Waals surface area contributed by atoms with Gasteiger partial charge in [0.2, 0.25) is 0 Å². The molecule has 1 aliphatic rings. The monoisotopic (exact) mass is 561 g/mol. The van der Waals surface area contributed by atoms with Crippen molar-refractivity contribution >= 4 is 23.1 Å². The number of nitrogens with zero attached hydrogens (tertiary/aromatic N) is 5. The fraction of sp³-hybridized carbons (Fsp3) is 0.219. The summed E-state index contributed by atoms with van der Waals surface area (Å²) in [5.41, 5.74) is 4.76. The van der Waals surface area contributed by atoms with Crippen LogP contribution in [0.4, 0.5) is 17.2 Å². The van der Waals surface area contributed by atoms with Crippen molar-refractivity contribution in [1.29, 1.82) is 0 Å². The molecule has 0 bridgehead atoms. The molecule has 1 atom stereocenters. The molecule has 0 unspecified atom stereocenters. The van der Waals surface area contributed by atoms with Crippen molar-refractivity contribution in [2.75, 3.05) is 23.8 Å². The number of anilines is 3. The Bertz CT molecular complexity index is 1720. The quantitative estimate of drug-likeness (QED) is 0.205. The third-order valence-corrected chi connectivity index (χ3v) is 7.58. The number of aliphatic hydroxyl groups is 1. The van der Waals surface area contributed by atoms with E-state index in [1.807, 2.05) is 78.6 Å². The van der Waals surface area contributed by atoms with Crippen LogP contribution >= 0.6 is 0 Å². The SMILES string of the molecule is CCN1C(=O)c2ccc(Nc3cc(N[C@H](CO)c4ccccc4)c(-c4nnc(-c5ccccn5)o4)cn3)cc2C1(C)C. The lowest BCUT2D eigenvalue weighted by molar-refractivity contribution is 0.0635. The molecule has 3 N–H and O–H groups in total. The molecule has 3 aromatic heterocycles. The number of benzene rings is 2. The van der Waals surface area contributed by atoms with Gasteiger partial charge in [0.15, 0.2) is 0 Å². The maximum absolute atomic E-state index is 12.9. The first-order chi connectivity index (χ1) is 20.4. The molecule has 0 saturated carbocycles. The van der Waals surface area contributed by atoms with Gasteiger partial charge in [0, 0.05) is 36.3 Å². The number of hydrogen-bond donors (Lipinski definition) is 3. The number of hydrogen-bond acceptors (Lipinski definition) is 9. The summed E-state index contributed by atoms with van der Waals surface area (Å²) in [5.74, 6) is 1.15. The zero-order valence-corrected chi connectivity index (χ0v) is 23.6. The third-order valence-electron chi connectivity index (χ3n) is 7.58. The molecule has 2 aromatic carbocycles. The van der Waals surface area contributed by atoms with E-state index in [0.29, 0.717) is 34.9 Å². The maximum Gasteiger partial charge on any atom is 0.266 e. The van der Waals surface area contributed by atoms with E-state index in [9.17, 15) is 9.90 Å². The highest BCUT2D eigenvalue weighted by molar-refractivity contribution is 6.00. The van der Waals surface area contributed by atoms with Gasteiger partial charge >= 0.3 is 0 Å². The topological polar surface area (TPSA) is 129 Å². The molecular weight excluding hydrogens is 530 g/mol. The largest absolute Gasteiger partial charge is 0.414 e. The van der Waals surface area contributed by atoms with Gasteiger partial charge in [-0.15, -0.1) is 10.2 Å². The Morgan fingerprint density at radius 2 is 1.74 bits per heavy atom. The fourth-order valence-corrected chi connectivity index (χ4v) is 5.39. The van der Waals surface area contributed by atoms with Gasteiger partial charge in [-0.3, -0.25) is 9.78 Å². The summed E-state index contributed by atoms with van der Waals surface area (Å²) in [4.78, 5) is 23.7. The fourth-order valence-electron chi connectivity index (χ4n) is 5.39. The summed E-state index contributed by atoms with van der Waals surface area (Å²) in [6.45, 7) is 6.59. The first kappa shape index (κ1) is 27.1. The van der Waals surface area contributed by atoms with E-state index < -0.39 is 11.6 Å². The Morgan fingerprint density at radius 1 is 0.952 bits per heavy atom. The zero-order valence-electron chi connectivity index (χ0n) is 23.6. The molecule has 10 heteroatoms. The van der Waals surface area contributed by atoms with E-state index >= 15 is 0 Å². The van der Waals surface area contributed by atoms with Gasteiger partial charge in [-0.25, -0.2) is 4.98 Å². The Morgan fingerprint density at radius 3 is 2.48 bits per heavy atom. The molecule has 1 amide bonds. The van der Waals surface area contributed by atoms with Crippen LogP contribution in [0.15, 0.2) is 89.6 Å². The van der Waals surface area contributed by atoms with Crippen molar-refractivity contribution in [2.24, 2.45) is 0 Å². The van der Waals surface area contributed by atoms with Crippen molar-refractivity contribution in [2.45, 2.75) is 32.4 Å². The summed E-state index contributed by atoms with van der Waals surface area (Å²) in [6.07, 6.45) is 3.31. The highest BCUT2D eigenvalue weighted by Crippen LogP contribution is 2.40. The molecule has 1 aliphatic heterocycles. The van der Waals surface area contributed by atoms with E-state index in [1.54, 1.807) is 18.5 Å². The number of pyridine rings is 2. The van der Waals surface area contributed by atoms with Crippen molar-refractivity contribution in [1.82, 2.24) is 25.1 Å². The molecule has 212 valence electrons. The van der Waals surface area contributed by atoms with E-state index in [0.717, 1.165) is 16.8 Å². The first-order valence-electron chi connectivity index (χ1n) is 13.8. The van der Waals surface area contributed by atoms with Gasteiger partial charge in [0.25, 0.3) is 17.7 Å². The Hall–Kier alpha value is -5.09. The lowest BCUT2D eigenvalue weighted by atomic mass is 9.93. The smallest absolute Gasteiger partial charge is 0.266 e. The second-order valence-corrected chi connectivity index (χ2v) is 10.5. The number of carbonyl (C=O) groups is 1. The molecule has 5 aromatic rings. The average molecular weight is 562 g/mol. The lowest BCUT2D eigenvalue weighted by Crippen LogP contribution is -2.38. The Balaban J connectivity index is 1.36. The van der Waals surface area contributed by atoms with Crippen LogP contribution in [0.2, 0.25) is 0 Å². The van der Waals surface area contributed by atoms with Crippen molar-refractivity contribution in [3.8, 4) is 23.0 Å². The van der Waals surface area contributed by atoms with Crippen LogP contribution in [0.3, 0.4) is 0 Å². The van der Waals surface area contributed by atoms with Crippen LogP contribution in [-0.4, -0.2) is 49.2 Å². The van der Waals surface area contributed by atoms with Crippen LogP contribution in [0.5, 0.6) is 0 Å². The summed E-state index contributed by atoms with van der Waals surface area (Å²) in [6, 6.07) is 22.3. The van der Waals surface area contributed by atoms with Gasteiger partial charge in [-0.05, 0) is 62.2 Å². The minimum absolute atomic E-state index is 0.0404. The number of fused-ring (bicyclic) bond motifs is 1. The maximum atomic E-state index is 12.9. The number of nitrogens with one attached hydrogen (secondary N) is 2. The molecule has 0 saturated heterocycles. The molecule has 10 nitrogen and oxygen atoms in total. The van der Waals surface area contributed by atoms with Gasteiger partial charge < -0.3 is 25.1 Å². The van der Waals surface area contributed by atoms with Crippen LogP contribution < -0.4 is 10.6 Å². The highest BCUT2D eigenvalue weighted by Gasteiger charge is 2.42. The molecule has 0 aliphatic carbocycles. The number of carbonyl (C=O) groups excluding carboxylic acids is 1. The van der Waals surface area contributed by atoms with Crippen LogP contribution in [0.1, 0.15) is 48.3 Å². The molecule has 4 heterocycles. The summed E-state index contributed by atoms with van der Waals surface area (Å²) in [7, 11) is 0. The third kappa shape index (κ3) is 4.97. The van der Waals surface area contributed by atoms with Crippen LogP contribution in [-0.2, 0) is 5.54 Å². The van der Waals surface area contributed by atoms with Gasteiger partial charge in [0.05, 0.1) is 29.4 Å². The zero-order chi connectivity index (χ0) is 29.3. The normalized spacial score (nSPS) is 14.5. The standard InChI is InChI=1S/C32H31N7O3/c1-4-39-31(41)22-14-13-21(16-24(22)32(39,2)3)35-28-17-26(36-27(19-40)20-10-6-5-7-11-20)23(18-34-28)29-37-38-30(42-29)25-12-8-9-15-33-25/h5-18,27,40H,4,19H2,1-3H3,(H2,34,35,36)/t27-/m1/s1. The van der Waals surface area contributed by atoms with E-state index in [1.165, 1.54) is 0 Å². The minimum Gasteiger partial charge on any atom is -0.414 e. The molecule has 6 rings (SSSR count). The predicted molar refractivity (Wildman–Crippen MR) is 160 cm³/mol. The average Bonchev–Trinajstić information content (AvgIpc) is 3.57. The van der Waals surface area contributed by atoms with Gasteiger partial charge in [-0.1, -0.05) is 36.4 Å². The number of aliphatic hydroxyl groups excluding tert-OH is 1. The lowest BCUT2D eigenvalue weighted by Gasteiger charge is -2.31. The van der Waals surface area contributed by atoms with Crippen molar-refractivity contribution in [3.63, 3.8) is 0 Å².